The van der Waals surface area contributed by atoms with E-state index in [1.165, 1.54) is 30.1 Å². The first-order chi connectivity index (χ1) is 17.6. The van der Waals surface area contributed by atoms with Crippen molar-refractivity contribution >= 4 is 50.7 Å². The number of nitrogens with one attached hydrogen (secondary N) is 1. The summed E-state index contributed by atoms with van der Waals surface area (Å²) >= 11 is 12.2. The van der Waals surface area contributed by atoms with Crippen molar-refractivity contribution in [2.24, 2.45) is 0 Å². The molecule has 3 aromatic carbocycles. The number of benzene rings is 3. The Labute approximate surface area is 228 Å². The van der Waals surface area contributed by atoms with Gasteiger partial charge in [-0.05, 0) is 61.4 Å². The molecule has 0 aliphatic rings. The van der Waals surface area contributed by atoms with Crippen LogP contribution in [0.1, 0.15) is 24.5 Å². The minimum absolute atomic E-state index is 0.0356. The van der Waals surface area contributed by atoms with Crippen LogP contribution < -0.4 is 9.62 Å². The Kier molecular flexibility index (Phi) is 9.59. The number of hydrogen-bond donors (Lipinski definition) is 1. The van der Waals surface area contributed by atoms with Gasteiger partial charge in [-0.25, -0.2) is 8.42 Å². The van der Waals surface area contributed by atoms with Crippen molar-refractivity contribution in [2.75, 3.05) is 17.9 Å². The summed E-state index contributed by atoms with van der Waals surface area (Å²) < 4.78 is 28.5. The van der Waals surface area contributed by atoms with Gasteiger partial charge in [0.15, 0.2) is 0 Å². The first-order valence-electron chi connectivity index (χ1n) is 11.7. The van der Waals surface area contributed by atoms with E-state index in [4.69, 9.17) is 23.2 Å². The lowest BCUT2D eigenvalue weighted by Gasteiger charge is -2.33. The monoisotopic (exact) mass is 561 g/mol. The van der Waals surface area contributed by atoms with Gasteiger partial charge in [-0.15, -0.1) is 0 Å². The minimum Gasteiger partial charge on any atom is -0.357 e. The largest absolute Gasteiger partial charge is 0.357 e. The summed E-state index contributed by atoms with van der Waals surface area (Å²) in [5, 5.41) is 3.46. The van der Waals surface area contributed by atoms with Crippen LogP contribution in [0.4, 0.5) is 5.69 Å². The molecule has 0 bridgehead atoms. The average molecular weight is 563 g/mol. The molecule has 0 fully saturated rings. The van der Waals surface area contributed by atoms with Crippen LogP contribution in [0, 0.1) is 6.92 Å². The van der Waals surface area contributed by atoms with Gasteiger partial charge in [-0.2, -0.15) is 0 Å². The molecule has 10 heteroatoms. The van der Waals surface area contributed by atoms with E-state index >= 15 is 0 Å². The molecule has 7 nitrogen and oxygen atoms in total. The van der Waals surface area contributed by atoms with Gasteiger partial charge >= 0.3 is 0 Å². The van der Waals surface area contributed by atoms with E-state index in [0.29, 0.717) is 16.5 Å². The Balaban J connectivity index is 2.05. The molecule has 1 N–H and O–H groups in total. The number of amides is 2. The van der Waals surface area contributed by atoms with Crippen LogP contribution in [0.25, 0.3) is 0 Å². The Morgan fingerprint density at radius 2 is 1.59 bits per heavy atom. The Morgan fingerprint density at radius 1 is 0.946 bits per heavy atom. The van der Waals surface area contributed by atoms with Gasteiger partial charge in [-0.1, -0.05) is 66.0 Å². The summed E-state index contributed by atoms with van der Waals surface area (Å²) in [6, 6.07) is 18.8. The highest BCUT2D eigenvalue weighted by Crippen LogP contribution is 2.27. The van der Waals surface area contributed by atoms with Crippen molar-refractivity contribution in [2.45, 2.75) is 37.8 Å². The number of carbonyl (C=O) groups is 2. The zero-order valence-electron chi connectivity index (χ0n) is 20.8. The van der Waals surface area contributed by atoms with Crippen LogP contribution in [0.15, 0.2) is 77.7 Å². The first-order valence-corrected chi connectivity index (χ1v) is 13.9. The predicted octanol–water partition coefficient (Wildman–Crippen LogP) is 5.05. The number of hydrogen-bond acceptors (Lipinski definition) is 4. The van der Waals surface area contributed by atoms with Gasteiger partial charge in [0.05, 0.1) is 10.6 Å². The Hall–Kier alpha value is -3.07. The number of nitrogens with zero attached hydrogens (tertiary/aromatic N) is 2. The number of aryl methyl sites for hydroxylation is 1. The van der Waals surface area contributed by atoms with Gasteiger partial charge in [0.2, 0.25) is 11.8 Å². The maximum Gasteiger partial charge on any atom is 0.264 e. The predicted molar refractivity (Wildman–Crippen MR) is 147 cm³/mol. The maximum atomic E-state index is 13.8. The second-order valence-electron chi connectivity index (χ2n) is 8.49. The van der Waals surface area contributed by atoms with Crippen molar-refractivity contribution in [1.29, 1.82) is 0 Å². The third-order valence-corrected chi connectivity index (χ3v) is 8.16. The molecular formula is C27H29Cl2N3O4S. The standard InChI is InChI=1S/C27H29Cl2N3O4S/c1-4-25(27(34)30-3)31(17-20-10-12-21(28)13-11-20)26(33)18-32(23-7-5-6-22(29)16-23)37(35,36)24-14-8-19(2)9-15-24/h5-16,25H,4,17-18H2,1-3H3,(H,30,34)/t25-/m0/s1. The summed E-state index contributed by atoms with van der Waals surface area (Å²) in [5.74, 6) is -0.887. The van der Waals surface area contributed by atoms with Crippen LogP contribution in [0.5, 0.6) is 0 Å². The number of sulfonamides is 1. The number of carbonyl (C=O) groups excluding carboxylic acids is 2. The van der Waals surface area contributed by atoms with E-state index in [2.05, 4.69) is 5.32 Å². The molecule has 0 aromatic heterocycles. The lowest BCUT2D eigenvalue weighted by Crippen LogP contribution is -2.51. The minimum atomic E-state index is -4.14. The molecule has 0 spiro atoms. The molecule has 0 heterocycles. The van der Waals surface area contributed by atoms with Gasteiger partial charge in [0.1, 0.15) is 12.6 Å². The highest BCUT2D eigenvalue weighted by molar-refractivity contribution is 7.92. The topological polar surface area (TPSA) is 86.8 Å². The van der Waals surface area contributed by atoms with Crippen LogP contribution >= 0.6 is 23.2 Å². The molecular weight excluding hydrogens is 533 g/mol. The van der Waals surface area contributed by atoms with E-state index in [1.54, 1.807) is 61.5 Å². The molecule has 3 aromatic rings. The van der Waals surface area contributed by atoms with Crippen molar-refractivity contribution in [3.05, 3.63) is 94.0 Å². The molecule has 3 rings (SSSR count). The number of anilines is 1. The SMILES string of the molecule is CC[C@@H](C(=O)NC)N(Cc1ccc(Cl)cc1)C(=O)CN(c1cccc(Cl)c1)S(=O)(=O)c1ccc(C)cc1. The second kappa shape index (κ2) is 12.4. The third kappa shape index (κ3) is 7.03. The molecule has 0 aliphatic heterocycles. The number of likely N-dealkylation sites (N-methyl/N-ethyl adjacent to an activating group) is 1. The van der Waals surface area contributed by atoms with Gasteiger partial charge in [0, 0.05) is 23.6 Å². The molecule has 196 valence electrons. The zero-order chi connectivity index (χ0) is 27.2. The van der Waals surface area contributed by atoms with Crippen LogP contribution in [-0.4, -0.2) is 44.8 Å². The van der Waals surface area contributed by atoms with Crippen LogP contribution in [0.3, 0.4) is 0 Å². The van der Waals surface area contributed by atoms with Crippen molar-refractivity contribution < 1.29 is 18.0 Å². The van der Waals surface area contributed by atoms with Crippen molar-refractivity contribution in [1.82, 2.24) is 10.2 Å². The fourth-order valence-corrected chi connectivity index (χ4v) is 5.59. The molecule has 2 amide bonds. The fraction of sp³-hybridized carbons (Fsp3) is 0.259. The fourth-order valence-electron chi connectivity index (χ4n) is 3.87. The summed E-state index contributed by atoms with van der Waals surface area (Å²) in [6.07, 6.45) is 0.334. The van der Waals surface area contributed by atoms with E-state index in [-0.39, 0.29) is 23.0 Å². The number of halogens is 2. The molecule has 37 heavy (non-hydrogen) atoms. The smallest absolute Gasteiger partial charge is 0.264 e. The number of rotatable bonds is 10. The van der Waals surface area contributed by atoms with Crippen LogP contribution in [0.2, 0.25) is 10.0 Å². The van der Waals surface area contributed by atoms with Gasteiger partial charge in [-0.3, -0.25) is 13.9 Å². The lowest BCUT2D eigenvalue weighted by atomic mass is 10.1. The average Bonchev–Trinajstić information content (AvgIpc) is 2.88. The summed E-state index contributed by atoms with van der Waals surface area (Å²) in [4.78, 5) is 28.0. The van der Waals surface area contributed by atoms with E-state index in [0.717, 1.165) is 15.4 Å². The Bertz CT molecular complexity index is 1350. The van der Waals surface area contributed by atoms with E-state index in [1.807, 2.05) is 6.92 Å². The normalized spacial score (nSPS) is 12.0. The molecule has 0 radical (unpaired) electrons. The van der Waals surface area contributed by atoms with Crippen molar-refractivity contribution in [3.8, 4) is 0 Å². The summed E-state index contributed by atoms with van der Waals surface area (Å²) in [6.45, 7) is 3.21. The molecule has 0 unspecified atom stereocenters. The highest BCUT2D eigenvalue weighted by Gasteiger charge is 2.33. The van der Waals surface area contributed by atoms with Gasteiger partial charge in [0.25, 0.3) is 10.0 Å². The van der Waals surface area contributed by atoms with Gasteiger partial charge < -0.3 is 10.2 Å². The second-order valence-corrected chi connectivity index (χ2v) is 11.2. The maximum absolute atomic E-state index is 13.8. The third-order valence-electron chi connectivity index (χ3n) is 5.88. The summed E-state index contributed by atoms with van der Waals surface area (Å²) in [5.41, 5.74) is 1.88. The molecule has 1 atom stereocenters. The first kappa shape index (κ1) is 28.5. The quantitative estimate of drug-likeness (QED) is 0.375. The van der Waals surface area contributed by atoms with Crippen molar-refractivity contribution in [3.63, 3.8) is 0 Å². The van der Waals surface area contributed by atoms with E-state index < -0.39 is 28.5 Å². The van der Waals surface area contributed by atoms with E-state index in [9.17, 15) is 18.0 Å². The zero-order valence-corrected chi connectivity index (χ0v) is 23.1. The molecule has 0 aliphatic carbocycles. The summed E-state index contributed by atoms with van der Waals surface area (Å²) in [7, 11) is -2.65. The van der Waals surface area contributed by atoms with Crippen LogP contribution in [-0.2, 0) is 26.2 Å². The highest BCUT2D eigenvalue weighted by atomic mass is 35.5. The lowest BCUT2D eigenvalue weighted by molar-refractivity contribution is -0.140. The molecule has 0 saturated heterocycles. The Morgan fingerprint density at radius 3 is 2.16 bits per heavy atom. The molecule has 0 saturated carbocycles.